The maximum Gasteiger partial charge on any atom is 0.238 e. The van der Waals surface area contributed by atoms with Gasteiger partial charge in [0.15, 0.2) is 0 Å². The van der Waals surface area contributed by atoms with Crippen LogP contribution in [-0.2, 0) is 4.79 Å². The molecule has 2 aliphatic rings. The summed E-state index contributed by atoms with van der Waals surface area (Å²) >= 11 is 0. The van der Waals surface area contributed by atoms with Crippen molar-refractivity contribution in [2.45, 2.75) is 45.2 Å². The molecule has 0 radical (unpaired) electrons. The molecule has 3 unspecified atom stereocenters. The van der Waals surface area contributed by atoms with Crippen molar-refractivity contribution in [3.63, 3.8) is 0 Å². The summed E-state index contributed by atoms with van der Waals surface area (Å²) in [5, 5.41) is 6.74. The second-order valence-electron chi connectivity index (χ2n) is 7.05. The summed E-state index contributed by atoms with van der Waals surface area (Å²) in [4.78, 5) is 14.5. The summed E-state index contributed by atoms with van der Waals surface area (Å²) in [5.74, 6) is 0.785. The van der Waals surface area contributed by atoms with E-state index in [1.54, 1.807) is 0 Å². The lowest BCUT2D eigenvalue weighted by Crippen LogP contribution is -2.37. The zero-order valence-corrected chi connectivity index (χ0v) is 13.9. The van der Waals surface area contributed by atoms with Crippen molar-refractivity contribution in [3.05, 3.63) is 29.3 Å². The number of para-hydroxylation sites is 1. The molecule has 2 aliphatic heterocycles. The number of benzene rings is 1. The van der Waals surface area contributed by atoms with E-state index in [4.69, 9.17) is 0 Å². The second kappa shape index (κ2) is 6.39. The van der Waals surface area contributed by atoms with Gasteiger partial charge in [-0.3, -0.25) is 9.69 Å². The van der Waals surface area contributed by atoms with Crippen LogP contribution in [0.5, 0.6) is 0 Å². The van der Waals surface area contributed by atoms with Crippen LogP contribution in [0.2, 0.25) is 0 Å². The number of nitrogens with zero attached hydrogens (tertiary/aromatic N) is 1. The van der Waals surface area contributed by atoms with Crippen LogP contribution in [-0.4, -0.2) is 43.0 Å². The first-order chi connectivity index (χ1) is 10.5. The average Bonchev–Trinajstić information content (AvgIpc) is 3.05. The van der Waals surface area contributed by atoms with Crippen molar-refractivity contribution in [2.24, 2.45) is 5.92 Å². The number of hydrogen-bond donors (Lipinski definition) is 2. The zero-order chi connectivity index (χ0) is 15.7. The summed E-state index contributed by atoms with van der Waals surface area (Å²) in [6.07, 6.45) is 3.91. The Labute approximate surface area is 133 Å². The van der Waals surface area contributed by atoms with E-state index in [1.807, 2.05) is 32.0 Å². The lowest BCUT2D eigenvalue weighted by atomic mass is 9.89. The number of rotatable bonds is 5. The smallest absolute Gasteiger partial charge is 0.238 e. The number of aryl methyl sites for hydroxylation is 2. The Bertz CT molecular complexity index is 537. The highest BCUT2D eigenvalue weighted by Crippen LogP contribution is 2.33. The first kappa shape index (κ1) is 15.5. The van der Waals surface area contributed by atoms with Crippen LogP contribution in [0, 0.1) is 19.8 Å². The molecule has 2 heterocycles. The minimum atomic E-state index is 0.0796. The van der Waals surface area contributed by atoms with Crippen molar-refractivity contribution in [1.82, 2.24) is 10.2 Å². The third-order valence-electron chi connectivity index (χ3n) is 5.14. The second-order valence-corrected chi connectivity index (χ2v) is 7.05. The molecule has 2 fully saturated rings. The number of carbonyl (C=O) groups excluding carboxylic acids is 1. The molecule has 2 saturated heterocycles. The number of hydrogen-bond acceptors (Lipinski definition) is 3. The van der Waals surface area contributed by atoms with Crippen molar-refractivity contribution >= 4 is 11.6 Å². The molecule has 3 atom stereocenters. The van der Waals surface area contributed by atoms with Crippen molar-refractivity contribution < 1.29 is 4.79 Å². The Morgan fingerprint density at radius 2 is 2.05 bits per heavy atom. The summed E-state index contributed by atoms with van der Waals surface area (Å²) in [7, 11) is 2.05. The molecule has 120 valence electrons. The SMILES string of the molecule is Cc1cccc(C)c1NC(=O)CN(C)CC1CC2CCC1N2. The highest BCUT2D eigenvalue weighted by Gasteiger charge is 2.39. The molecular formula is C18H27N3O. The van der Waals surface area contributed by atoms with Gasteiger partial charge in [-0.15, -0.1) is 0 Å². The van der Waals surface area contributed by atoms with Crippen LogP contribution >= 0.6 is 0 Å². The number of fused-ring (bicyclic) bond motifs is 2. The summed E-state index contributed by atoms with van der Waals surface area (Å²) < 4.78 is 0. The summed E-state index contributed by atoms with van der Waals surface area (Å²) in [6, 6.07) is 7.50. The fourth-order valence-electron chi connectivity index (χ4n) is 4.04. The number of amides is 1. The predicted octanol–water partition coefficient (Wildman–Crippen LogP) is 2.31. The van der Waals surface area contributed by atoms with Crippen LogP contribution in [0.15, 0.2) is 18.2 Å². The van der Waals surface area contributed by atoms with Gasteiger partial charge in [0.05, 0.1) is 6.54 Å². The van der Waals surface area contributed by atoms with Gasteiger partial charge in [0.25, 0.3) is 0 Å². The van der Waals surface area contributed by atoms with Crippen molar-refractivity contribution in [3.8, 4) is 0 Å². The molecule has 0 spiro atoms. The van der Waals surface area contributed by atoms with E-state index in [0.717, 1.165) is 29.4 Å². The van der Waals surface area contributed by atoms with E-state index in [2.05, 4.69) is 22.6 Å². The maximum absolute atomic E-state index is 12.3. The predicted molar refractivity (Wildman–Crippen MR) is 90.1 cm³/mol. The van der Waals surface area contributed by atoms with Crippen LogP contribution in [0.3, 0.4) is 0 Å². The monoisotopic (exact) mass is 301 g/mol. The van der Waals surface area contributed by atoms with Gasteiger partial charge in [-0.25, -0.2) is 0 Å². The molecule has 0 aliphatic carbocycles. The van der Waals surface area contributed by atoms with E-state index >= 15 is 0 Å². The largest absolute Gasteiger partial charge is 0.324 e. The van der Waals surface area contributed by atoms with E-state index in [1.165, 1.54) is 19.3 Å². The van der Waals surface area contributed by atoms with Crippen LogP contribution in [0.4, 0.5) is 5.69 Å². The highest BCUT2D eigenvalue weighted by molar-refractivity contribution is 5.93. The molecule has 2 bridgehead atoms. The third kappa shape index (κ3) is 3.33. The molecule has 1 amide bonds. The van der Waals surface area contributed by atoms with Gasteiger partial charge < -0.3 is 10.6 Å². The Morgan fingerprint density at radius 1 is 1.32 bits per heavy atom. The molecule has 4 heteroatoms. The Morgan fingerprint density at radius 3 is 2.64 bits per heavy atom. The van der Waals surface area contributed by atoms with Gasteiger partial charge >= 0.3 is 0 Å². The number of carbonyl (C=O) groups is 1. The zero-order valence-electron chi connectivity index (χ0n) is 13.9. The third-order valence-corrected chi connectivity index (χ3v) is 5.14. The summed E-state index contributed by atoms with van der Waals surface area (Å²) in [5.41, 5.74) is 3.20. The number of likely N-dealkylation sites (N-methyl/N-ethyl adjacent to an activating group) is 1. The standard InChI is InChI=1S/C18H27N3O/c1-12-5-4-6-13(2)18(12)20-17(22)11-21(3)10-14-9-15-7-8-16(14)19-15/h4-6,14-16,19H,7-11H2,1-3H3,(H,20,22). The molecule has 2 N–H and O–H groups in total. The van der Waals surface area contributed by atoms with Gasteiger partial charge in [0, 0.05) is 24.3 Å². The molecule has 1 aromatic carbocycles. The van der Waals surface area contributed by atoms with E-state index in [0.29, 0.717) is 18.5 Å². The lowest BCUT2D eigenvalue weighted by Gasteiger charge is -2.26. The van der Waals surface area contributed by atoms with E-state index in [-0.39, 0.29) is 5.91 Å². The van der Waals surface area contributed by atoms with E-state index in [9.17, 15) is 4.79 Å². The quantitative estimate of drug-likeness (QED) is 0.877. The minimum absolute atomic E-state index is 0.0796. The molecule has 22 heavy (non-hydrogen) atoms. The minimum Gasteiger partial charge on any atom is -0.324 e. The first-order valence-corrected chi connectivity index (χ1v) is 8.33. The Hall–Kier alpha value is -1.39. The molecular weight excluding hydrogens is 274 g/mol. The fraction of sp³-hybridized carbons (Fsp3) is 0.611. The first-order valence-electron chi connectivity index (χ1n) is 8.33. The molecule has 1 aromatic rings. The molecule has 0 aromatic heterocycles. The molecule has 0 saturated carbocycles. The topological polar surface area (TPSA) is 44.4 Å². The van der Waals surface area contributed by atoms with Gasteiger partial charge in [0.1, 0.15) is 0 Å². The van der Waals surface area contributed by atoms with Crippen molar-refractivity contribution in [2.75, 3.05) is 25.5 Å². The maximum atomic E-state index is 12.3. The van der Waals surface area contributed by atoms with Crippen molar-refractivity contribution in [1.29, 1.82) is 0 Å². The van der Waals surface area contributed by atoms with Crippen LogP contribution < -0.4 is 10.6 Å². The average molecular weight is 301 g/mol. The van der Waals surface area contributed by atoms with Gasteiger partial charge in [-0.1, -0.05) is 18.2 Å². The number of nitrogens with one attached hydrogen (secondary N) is 2. The lowest BCUT2D eigenvalue weighted by molar-refractivity contribution is -0.117. The Kier molecular flexibility index (Phi) is 4.50. The van der Waals surface area contributed by atoms with Crippen LogP contribution in [0.1, 0.15) is 30.4 Å². The van der Waals surface area contributed by atoms with Gasteiger partial charge in [-0.2, -0.15) is 0 Å². The van der Waals surface area contributed by atoms with Gasteiger partial charge in [0.2, 0.25) is 5.91 Å². The molecule has 3 rings (SSSR count). The van der Waals surface area contributed by atoms with E-state index < -0.39 is 0 Å². The normalized spacial score (nSPS) is 26.6. The highest BCUT2D eigenvalue weighted by atomic mass is 16.2. The summed E-state index contributed by atoms with van der Waals surface area (Å²) in [6.45, 7) is 5.54. The van der Waals surface area contributed by atoms with Crippen LogP contribution in [0.25, 0.3) is 0 Å². The fourth-order valence-corrected chi connectivity index (χ4v) is 4.04. The molecule has 4 nitrogen and oxygen atoms in total. The van der Waals surface area contributed by atoms with Gasteiger partial charge in [-0.05, 0) is 57.2 Å². The number of anilines is 1. The Balaban J connectivity index is 1.51.